The van der Waals surface area contributed by atoms with Crippen molar-refractivity contribution in [2.75, 3.05) is 20.2 Å². The highest BCUT2D eigenvalue weighted by atomic mass is 16.5. The molecule has 1 saturated heterocycles. The highest BCUT2D eigenvalue weighted by Gasteiger charge is 2.22. The van der Waals surface area contributed by atoms with Crippen molar-refractivity contribution >= 4 is 0 Å². The van der Waals surface area contributed by atoms with Gasteiger partial charge in [0.1, 0.15) is 0 Å². The molecule has 2 N–H and O–H groups in total. The van der Waals surface area contributed by atoms with Gasteiger partial charge in [-0.2, -0.15) is 0 Å². The summed E-state index contributed by atoms with van der Waals surface area (Å²) in [5, 5.41) is 0. The molecule has 0 aliphatic carbocycles. The van der Waals surface area contributed by atoms with Gasteiger partial charge in [0.2, 0.25) is 0 Å². The fraction of sp³-hybridized carbons (Fsp3) is 0.600. The summed E-state index contributed by atoms with van der Waals surface area (Å²) in [7, 11) is 1.75. The molecule has 3 nitrogen and oxygen atoms in total. The molecule has 0 amide bonds. The summed E-state index contributed by atoms with van der Waals surface area (Å²) < 4.78 is 5.26. The minimum Gasteiger partial charge on any atom is -0.380 e. The zero-order valence-corrected chi connectivity index (χ0v) is 11.4. The standard InChI is InChI=1S/C15H24N2O/c1-12-7-15(16)10-17(8-12)9-13-5-3-4-6-14(13)11-18-2/h3-6,12,15H,7-11,16H2,1-2H3. The lowest BCUT2D eigenvalue weighted by atomic mass is 9.96. The second kappa shape index (κ2) is 6.32. The molecule has 100 valence electrons. The molecule has 1 fully saturated rings. The largest absolute Gasteiger partial charge is 0.380 e. The van der Waals surface area contributed by atoms with Crippen molar-refractivity contribution in [2.24, 2.45) is 11.7 Å². The number of benzene rings is 1. The summed E-state index contributed by atoms with van der Waals surface area (Å²) in [5.74, 6) is 0.698. The Morgan fingerprint density at radius 2 is 2.00 bits per heavy atom. The van der Waals surface area contributed by atoms with Crippen LogP contribution in [0.25, 0.3) is 0 Å². The van der Waals surface area contributed by atoms with Crippen LogP contribution in [0.4, 0.5) is 0 Å². The van der Waals surface area contributed by atoms with E-state index >= 15 is 0 Å². The maximum atomic E-state index is 6.10. The van der Waals surface area contributed by atoms with Crippen LogP contribution in [0.1, 0.15) is 24.5 Å². The van der Waals surface area contributed by atoms with Crippen molar-refractivity contribution in [3.8, 4) is 0 Å². The van der Waals surface area contributed by atoms with Gasteiger partial charge in [-0.05, 0) is 23.5 Å². The van der Waals surface area contributed by atoms with Crippen LogP contribution < -0.4 is 5.73 Å². The molecule has 2 atom stereocenters. The average Bonchev–Trinajstić information content (AvgIpc) is 2.30. The molecule has 0 spiro atoms. The van der Waals surface area contributed by atoms with Gasteiger partial charge in [-0.25, -0.2) is 0 Å². The second-order valence-corrected chi connectivity index (χ2v) is 5.50. The molecule has 18 heavy (non-hydrogen) atoms. The normalized spacial score (nSPS) is 25.3. The van der Waals surface area contributed by atoms with Crippen LogP contribution in [0.5, 0.6) is 0 Å². The van der Waals surface area contributed by atoms with E-state index in [1.54, 1.807) is 7.11 Å². The van der Waals surface area contributed by atoms with E-state index in [1.807, 2.05) is 0 Å². The summed E-state index contributed by atoms with van der Waals surface area (Å²) >= 11 is 0. The molecule has 0 saturated carbocycles. The summed E-state index contributed by atoms with van der Waals surface area (Å²) in [5.41, 5.74) is 8.75. The third kappa shape index (κ3) is 3.55. The average molecular weight is 248 g/mol. The van der Waals surface area contributed by atoms with Gasteiger partial charge in [0.25, 0.3) is 0 Å². The van der Waals surface area contributed by atoms with Crippen LogP contribution in [0.3, 0.4) is 0 Å². The summed E-state index contributed by atoms with van der Waals surface area (Å²) in [4.78, 5) is 2.47. The van der Waals surface area contributed by atoms with Crippen molar-refractivity contribution in [1.82, 2.24) is 4.90 Å². The van der Waals surface area contributed by atoms with Crippen LogP contribution in [-0.4, -0.2) is 31.1 Å². The number of hydrogen-bond donors (Lipinski definition) is 1. The van der Waals surface area contributed by atoms with Crippen molar-refractivity contribution in [1.29, 1.82) is 0 Å². The third-order valence-electron chi connectivity index (χ3n) is 3.58. The molecular formula is C15H24N2O. The Morgan fingerprint density at radius 1 is 1.28 bits per heavy atom. The Labute approximate surface area is 110 Å². The maximum absolute atomic E-state index is 6.10. The quantitative estimate of drug-likeness (QED) is 0.885. The first kappa shape index (κ1) is 13.5. The molecule has 3 heteroatoms. The van der Waals surface area contributed by atoms with Crippen molar-refractivity contribution in [3.05, 3.63) is 35.4 Å². The third-order valence-corrected chi connectivity index (χ3v) is 3.58. The number of nitrogens with zero attached hydrogens (tertiary/aromatic N) is 1. The van der Waals surface area contributed by atoms with Crippen molar-refractivity contribution in [2.45, 2.75) is 32.5 Å². The molecule has 2 unspecified atom stereocenters. The number of rotatable bonds is 4. The van der Waals surface area contributed by atoms with E-state index in [2.05, 4.69) is 36.1 Å². The Kier molecular flexibility index (Phi) is 4.75. The zero-order chi connectivity index (χ0) is 13.0. The van der Waals surface area contributed by atoms with Crippen molar-refractivity contribution in [3.63, 3.8) is 0 Å². The van der Waals surface area contributed by atoms with E-state index in [1.165, 1.54) is 11.1 Å². The van der Waals surface area contributed by atoms with Gasteiger partial charge >= 0.3 is 0 Å². The van der Waals surface area contributed by atoms with E-state index in [9.17, 15) is 0 Å². The molecule has 1 aliphatic rings. The topological polar surface area (TPSA) is 38.5 Å². The number of hydrogen-bond acceptors (Lipinski definition) is 3. The fourth-order valence-electron chi connectivity index (χ4n) is 2.89. The predicted molar refractivity (Wildman–Crippen MR) is 74.2 cm³/mol. The molecular weight excluding hydrogens is 224 g/mol. The molecule has 1 aromatic carbocycles. The zero-order valence-electron chi connectivity index (χ0n) is 11.4. The van der Waals surface area contributed by atoms with Crippen LogP contribution in [-0.2, 0) is 17.9 Å². The molecule has 2 rings (SSSR count). The molecule has 1 heterocycles. The minimum atomic E-state index is 0.323. The smallest absolute Gasteiger partial charge is 0.0716 e. The van der Waals surface area contributed by atoms with E-state index in [0.717, 1.165) is 26.1 Å². The first-order chi connectivity index (χ1) is 8.69. The number of ether oxygens (including phenoxy) is 1. The Morgan fingerprint density at radius 3 is 2.67 bits per heavy atom. The fourth-order valence-corrected chi connectivity index (χ4v) is 2.89. The Hall–Kier alpha value is -0.900. The summed E-state index contributed by atoms with van der Waals surface area (Å²) in [6.07, 6.45) is 1.15. The number of piperidine rings is 1. The molecule has 1 aromatic rings. The molecule has 0 aromatic heterocycles. The van der Waals surface area contributed by atoms with Crippen LogP contribution in [0.2, 0.25) is 0 Å². The van der Waals surface area contributed by atoms with E-state index in [-0.39, 0.29) is 0 Å². The monoisotopic (exact) mass is 248 g/mol. The highest BCUT2D eigenvalue weighted by molar-refractivity contribution is 5.26. The van der Waals surface area contributed by atoms with Gasteiger partial charge in [0.05, 0.1) is 6.61 Å². The lowest BCUT2D eigenvalue weighted by Gasteiger charge is -2.35. The van der Waals surface area contributed by atoms with Gasteiger partial charge in [0.15, 0.2) is 0 Å². The first-order valence-corrected chi connectivity index (χ1v) is 6.72. The van der Waals surface area contributed by atoms with Gasteiger partial charge in [0, 0.05) is 32.8 Å². The van der Waals surface area contributed by atoms with Gasteiger partial charge in [-0.15, -0.1) is 0 Å². The summed E-state index contributed by atoms with van der Waals surface area (Å²) in [6.45, 7) is 6.11. The van der Waals surface area contributed by atoms with Crippen LogP contribution in [0, 0.1) is 5.92 Å². The summed E-state index contributed by atoms with van der Waals surface area (Å²) in [6, 6.07) is 8.83. The van der Waals surface area contributed by atoms with Gasteiger partial charge < -0.3 is 10.5 Å². The van der Waals surface area contributed by atoms with Gasteiger partial charge in [-0.1, -0.05) is 31.2 Å². The lowest BCUT2D eigenvalue weighted by molar-refractivity contribution is 0.154. The van der Waals surface area contributed by atoms with Gasteiger partial charge in [-0.3, -0.25) is 4.90 Å². The molecule has 1 aliphatic heterocycles. The lowest BCUT2D eigenvalue weighted by Crippen LogP contribution is -2.45. The molecule has 0 radical (unpaired) electrons. The Balaban J connectivity index is 2.04. The molecule has 0 bridgehead atoms. The van der Waals surface area contributed by atoms with Crippen LogP contribution in [0.15, 0.2) is 24.3 Å². The Bertz CT molecular complexity index is 371. The number of likely N-dealkylation sites (tertiary alicyclic amines) is 1. The first-order valence-electron chi connectivity index (χ1n) is 6.72. The van der Waals surface area contributed by atoms with E-state index < -0.39 is 0 Å². The number of nitrogens with two attached hydrogens (primary N) is 1. The predicted octanol–water partition coefficient (Wildman–Crippen LogP) is 2.00. The van der Waals surface area contributed by atoms with E-state index in [4.69, 9.17) is 10.5 Å². The SMILES string of the molecule is COCc1ccccc1CN1CC(C)CC(N)C1. The maximum Gasteiger partial charge on any atom is 0.0716 e. The highest BCUT2D eigenvalue weighted by Crippen LogP contribution is 2.19. The van der Waals surface area contributed by atoms with Crippen molar-refractivity contribution < 1.29 is 4.74 Å². The van der Waals surface area contributed by atoms with Crippen LogP contribution >= 0.6 is 0 Å². The minimum absolute atomic E-state index is 0.323. The van der Waals surface area contributed by atoms with E-state index in [0.29, 0.717) is 18.6 Å². The second-order valence-electron chi connectivity index (χ2n) is 5.50. The number of methoxy groups -OCH3 is 1.